The fraction of sp³-hybridized carbons (Fsp3) is 0.273. The van der Waals surface area contributed by atoms with Crippen molar-refractivity contribution in [1.82, 2.24) is 15.2 Å². The van der Waals surface area contributed by atoms with Crippen molar-refractivity contribution < 1.29 is 13.5 Å². The fourth-order valence-electron chi connectivity index (χ4n) is 1.75. The van der Waals surface area contributed by atoms with E-state index in [-0.39, 0.29) is 10.6 Å². The second-order valence-electron chi connectivity index (χ2n) is 4.07. The fourth-order valence-corrected chi connectivity index (χ4v) is 3.16. The maximum absolute atomic E-state index is 12.3. The molecule has 0 radical (unpaired) electrons. The predicted octanol–water partition coefficient (Wildman–Crippen LogP) is 0.715. The van der Waals surface area contributed by atoms with Crippen LogP contribution in [-0.4, -0.2) is 28.7 Å². The van der Waals surface area contributed by atoms with Crippen LogP contribution in [0.2, 0.25) is 0 Å². The van der Waals surface area contributed by atoms with Gasteiger partial charge < -0.3 is 5.11 Å². The largest absolute Gasteiger partial charge is 0.390 e. The van der Waals surface area contributed by atoms with Crippen LogP contribution in [0, 0.1) is 13.8 Å². The van der Waals surface area contributed by atoms with Gasteiger partial charge in [0, 0.05) is 11.9 Å². The second kappa shape index (κ2) is 4.98. The van der Waals surface area contributed by atoms with E-state index in [4.69, 9.17) is 5.11 Å². The minimum absolute atomic E-state index is 0.0236. The first-order valence-electron chi connectivity index (χ1n) is 5.54. The molecule has 19 heavy (non-hydrogen) atoms. The smallest absolute Gasteiger partial charge is 0.265 e. The molecule has 0 atom stereocenters. The molecule has 7 nitrogen and oxygen atoms in total. The number of rotatable bonds is 4. The van der Waals surface area contributed by atoms with E-state index in [2.05, 4.69) is 19.9 Å². The lowest BCUT2D eigenvalue weighted by atomic mass is 10.3. The number of nitrogens with zero attached hydrogens (tertiary/aromatic N) is 2. The number of nitrogens with one attached hydrogen (secondary N) is 2. The topological polar surface area (TPSA) is 108 Å². The van der Waals surface area contributed by atoms with E-state index in [0.29, 0.717) is 17.1 Å². The Labute approximate surface area is 110 Å². The monoisotopic (exact) mass is 282 g/mol. The molecule has 2 aromatic heterocycles. The van der Waals surface area contributed by atoms with E-state index >= 15 is 0 Å². The molecule has 0 aromatic carbocycles. The number of hydrogen-bond donors (Lipinski definition) is 3. The number of aliphatic hydroxyl groups excluding tert-OH is 1. The number of anilines is 1. The molecule has 0 fully saturated rings. The van der Waals surface area contributed by atoms with Gasteiger partial charge in [-0.25, -0.2) is 8.42 Å². The molecule has 3 N–H and O–H groups in total. The van der Waals surface area contributed by atoms with Crippen LogP contribution in [0.15, 0.2) is 23.2 Å². The van der Waals surface area contributed by atoms with Gasteiger partial charge >= 0.3 is 0 Å². The van der Waals surface area contributed by atoms with E-state index in [0.717, 1.165) is 0 Å². The SMILES string of the molecule is Cc1cc(NS(=O)(=O)c2c(CO)n[nH]c2C)ccn1. The molecule has 8 heteroatoms. The predicted molar refractivity (Wildman–Crippen MR) is 69.0 cm³/mol. The average Bonchev–Trinajstić information content (AvgIpc) is 2.70. The number of aryl methyl sites for hydroxylation is 2. The highest BCUT2D eigenvalue weighted by Crippen LogP contribution is 2.21. The zero-order chi connectivity index (χ0) is 14.0. The number of sulfonamides is 1. The van der Waals surface area contributed by atoms with Crippen molar-refractivity contribution >= 4 is 15.7 Å². The molecule has 0 bridgehead atoms. The average molecular weight is 282 g/mol. The number of aliphatic hydroxyl groups is 1. The first-order chi connectivity index (χ1) is 8.94. The van der Waals surface area contributed by atoms with Gasteiger partial charge in [0.15, 0.2) is 0 Å². The van der Waals surface area contributed by atoms with Crippen molar-refractivity contribution in [1.29, 1.82) is 0 Å². The van der Waals surface area contributed by atoms with Crippen molar-refractivity contribution in [3.8, 4) is 0 Å². The zero-order valence-corrected chi connectivity index (χ0v) is 11.3. The Morgan fingerprint density at radius 3 is 2.79 bits per heavy atom. The molecule has 102 valence electrons. The normalized spacial score (nSPS) is 11.5. The molecule has 0 amide bonds. The van der Waals surface area contributed by atoms with Gasteiger partial charge in [0.1, 0.15) is 10.6 Å². The van der Waals surface area contributed by atoms with Gasteiger partial charge in [-0.05, 0) is 26.0 Å². The number of H-pyrrole nitrogens is 1. The highest BCUT2D eigenvalue weighted by molar-refractivity contribution is 7.92. The summed E-state index contributed by atoms with van der Waals surface area (Å²) in [5.74, 6) is 0. The molecule has 0 spiro atoms. The molecule has 2 heterocycles. The van der Waals surface area contributed by atoms with Crippen molar-refractivity contribution in [3.05, 3.63) is 35.4 Å². The highest BCUT2D eigenvalue weighted by atomic mass is 32.2. The zero-order valence-electron chi connectivity index (χ0n) is 10.5. The Morgan fingerprint density at radius 2 is 2.16 bits per heavy atom. The lowest BCUT2D eigenvalue weighted by Crippen LogP contribution is -2.15. The van der Waals surface area contributed by atoms with Gasteiger partial charge in [0.25, 0.3) is 10.0 Å². The first kappa shape index (κ1) is 13.5. The Hall–Kier alpha value is -1.93. The third-order valence-electron chi connectivity index (χ3n) is 2.53. The first-order valence-corrected chi connectivity index (χ1v) is 7.02. The van der Waals surface area contributed by atoms with Crippen molar-refractivity contribution in [2.75, 3.05) is 4.72 Å². The van der Waals surface area contributed by atoms with Crippen molar-refractivity contribution in [2.24, 2.45) is 0 Å². The lowest BCUT2D eigenvalue weighted by Gasteiger charge is -2.08. The summed E-state index contributed by atoms with van der Waals surface area (Å²) >= 11 is 0. The van der Waals surface area contributed by atoms with Crippen LogP contribution in [-0.2, 0) is 16.6 Å². The molecule has 0 aliphatic heterocycles. The van der Waals surface area contributed by atoms with Crippen LogP contribution in [0.1, 0.15) is 17.1 Å². The van der Waals surface area contributed by atoms with Crippen molar-refractivity contribution in [2.45, 2.75) is 25.3 Å². The summed E-state index contributed by atoms with van der Waals surface area (Å²) < 4.78 is 27.0. The van der Waals surface area contributed by atoms with Crippen LogP contribution < -0.4 is 4.72 Å². The molecule has 0 aliphatic rings. The van der Waals surface area contributed by atoms with Gasteiger partial charge in [0.2, 0.25) is 0 Å². The van der Waals surface area contributed by atoms with Crippen molar-refractivity contribution in [3.63, 3.8) is 0 Å². The standard InChI is InChI=1S/C11H14N4O3S/c1-7-5-9(3-4-12-7)15-19(17,18)11-8(2)13-14-10(11)6-16/h3-5,16H,6H2,1-2H3,(H,12,15)(H,13,14). The van der Waals surface area contributed by atoms with Gasteiger partial charge in [-0.2, -0.15) is 5.10 Å². The van der Waals surface area contributed by atoms with Gasteiger partial charge in [-0.15, -0.1) is 0 Å². The lowest BCUT2D eigenvalue weighted by molar-refractivity contribution is 0.273. The van der Waals surface area contributed by atoms with Gasteiger partial charge in [-0.3, -0.25) is 14.8 Å². The van der Waals surface area contributed by atoms with Crippen LogP contribution in [0.5, 0.6) is 0 Å². The van der Waals surface area contributed by atoms with Crippen LogP contribution in [0.25, 0.3) is 0 Å². The molecule has 0 saturated carbocycles. The Balaban J connectivity index is 2.40. The molecule has 2 rings (SSSR count). The molecule has 0 unspecified atom stereocenters. The molecular weight excluding hydrogens is 268 g/mol. The molecular formula is C11H14N4O3S. The highest BCUT2D eigenvalue weighted by Gasteiger charge is 2.24. The van der Waals surface area contributed by atoms with E-state index in [1.54, 1.807) is 26.0 Å². The third-order valence-corrected chi connectivity index (χ3v) is 4.11. The van der Waals surface area contributed by atoms with Crippen LogP contribution in [0.4, 0.5) is 5.69 Å². The van der Waals surface area contributed by atoms with Gasteiger partial charge in [0.05, 0.1) is 18.0 Å². The quantitative estimate of drug-likeness (QED) is 0.765. The van der Waals surface area contributed by atoms with Gasteiger partial charge in [-0.1, -0.05) is 0 Å². The summed E-state index contributed by atoms with van der Waals surface area (Å²) in [6.45, 7) is 2.90. The summed E-state index contributed by atoms with van der Waals surface area (Å²) in [6, 6.07) is 3.17. The summed E-state index contributed by atoms with van der Waals surface area (Å²) in [4.78, 5) is 3.97. The van der Waals surface area contributed by atoms with E-state index in [1.165, 1.54) is 6.20 Å². The summed E-state index contributed by atoms with van der Waals surface area (Å²) in [5.41, 5.74) is 1.58. The number of aromatic amines is 1. The van der Waals surface area contributed by atoms with Crippen LogP contribution in [0.3, 0.4) is 0 Å². The molecule has 2 aromatic rings. The van der Waals surface area contributed by atoms with E-state index in [9.17, 15) is 8.42 Å². The molecule has 0 saturated heterocycles. The maximum Gasteiger partial charge on any atom is 0.265 e. The Kier molecular flexibility index (Phi) is 3.54. The summed E-state index contributed by atoms with van der Waals surface area (Å²) in [5, 5.41) is 15.4. The summed E-state index contributed by atoms with van der Waals surface area (Å²) in [6.07, 6.45) is 1.52. The van der Waals surface area contributed by atoms with E-state index < -0.39 is 16.6 Å². The van der Waals surface area contributed by atoms with Crippen LogP contribution >= 0.6 is 0 Å². The Bertz CT molecular complexity index is 694. The second-order valence-corrected chi connectivity index (χ2v) is 5.69. The number of hydrogen-bond acceptors (Lipinski definition) is 5. The molecule has 0 aliphatic carbocycles. The minimum Gasteiger partial charge on any atom is -0.390 e. The number of pyridine rings is 1. The minimum atomic E-state index is -3.79. The summed E-state index contributed by atoms with van der Waals surface area (Å²) in [7, 11) is -3.79. The number of aromatic nitrogens is 3. The maximum atomic E-state index is 12.3. The third kappa shape index (κ3) is 2.74. The Morgan fingerprint density at radius 1 is 1.42 bits per heavy atom. The van der Waals surface area contributed by atoms with E-state index in [1.807, 2.05) is 0 Å².